The quantitative estimate of drug-likeness (QED) is 0.664. The smallest absolute Gasteiger partial charge is 0.338 e. The summed E-state index contributed by atoms with van der Waals surface area (Å²) >= 11 is 1.16. The predicted octanol–water partition coefficient (Wildman–Crippen LogP) is 3.39. The van der Waals surface area contributed by atoms with Crippen LogP contribution in [0.25, 0.3) is 10.1 Å². The monoisotopic (exact) mass is 341 g/mol. The lowest BCUT2D eigenvalue weighted by Gasteiger charge is -2.06. The van der Waals surface area contributed by atoms with E-state index >= 15 is 0 Å². The van der Waals surface area contributed by atoms with Crippen molar-refractivity contribution in [1.82, 2.24) is 0 Å². The van der Waals surface area contributed by atoms with Crippen molar-refractivity contribution < 1.29 is 19.8 Å². The number of benzene rings is 2. The molecule has 0 atom stereocenters. The molecule has 0 saturated carbocycles. The van der Waals surface area contributed by atoms with Gasteiger partial charge in [-0.3, -0.25) is 4.79 Å². The van der Waals surface area contributed by atoms with E-state index in [1.54, 1.807) is 36.4 Å². The summed E-state index contributed by atoms with van der Waals surface area (Å²) in [5, 5.41) is 21.8. The Labute approximate surface area is 142 Å². The Hall–Kier alpha value is -2.70. The van der Waals surface area contributed by atoms with E-state index in [2.05, 4.69) is 5.32 Å². The average Bonchev–Trinajstić information content (AvgIpc) is 2.95. The molecule has 0 bridgehead atoms. The molecule has 122 valence electrons. The third-order valence-electron chi connectivity index (χ3n) is 3.60. The number of carbonyl (C=O) groups is 2. The van der Waals surface area contributed by atoms with E-state index in [0.717, 1.165) is 21.6 Å². The zero-order valence-corrected chi connectivity index (χ0v) is 13.5. The maximum absolute atomic E-state index is 12.6. The molecular weight excluding hydrogens is 326 g/mol. The van der Waals surface area contributed by atoms with Crippen molar-refractivity contribution in [3.05, 3.63) is 64.5 Å². The molecule has 0 unspecified atom stereocenters. The Bertz CT molecular complexity index is 916. The Morgan fingerprint density at radius 3 is 2.62 bits per heavy atom. The van der Waals surface area contributed by atoms with Crippen molar-refractivity contribution in [3.8, 4) is 0 Å². The molecule has 0 aliphatic rings. The molecule has 0 spiro atoms. The van der Waals surface area contributed by atoms with E-state index < -0.39 is 11.9 Å². The summed E-state index contributed by atoms with van der Waals surface area (Å²) in [5.41, 5.74) is 1.49. The summed E-state index contributed by atoms with van der Waals surface area (Å²) in [4.78, 5) is 24.3. The van der Waals surface area contributed by atoms with E-state index in [-0.39, 0.29) is 17.0 Å². The maximum atomic E-state index is 12.6. The van der Waals surface area contributed by atoms with Gasteiger partial charge in [0.15, 0.2) is 0 Å². The lowest BCUT2D eigenvalue weighted by Crippen LogP contribution is -2.14. The SMILES string of the molecule is O=C(Nc1cccc(CCO)c1)c1sc2ccccc2c1C(=O)O. The molecule has 0 radical (unpaired) electrons. The van der Waals surface area contributed by atoms with Crippen LogP contribution in [-0.2, 0) is 6.42 Å². The zero-order valence-electron chi connectivity index (χ0n) is 12.7. The van der Waals surface area contributed by atoms with Gasteiger partial charge in [0, 0.05) is 22.4 Å². The molecule has 0 saturated heterocycles. The number of thiophene rings is 1. The summed E-state index contributed by atoms with van der Waals surface area (Å²) in [5.74, 6) is -1.57. The molecule has 5 nitrogen and oxygen atoms in total. The first-order valence-electron chi connectivity index (χ1n) is 7.36. The molecule has 0 fully saturated rings. The van der Waals surface area contributed by atoms with E-state index in [1.807, 2.05) is 12.1 Å². The second-order valence-electron chi connectivity index (χ2n) is 5.24. The number of anilines is 1. The van der Waals surface area contributed by atoms with Crippen LogP contribution in [0.5, 0.6) is 0 Å². The lowest BCUT2D eigenvalue weighted by molar-refractivity contribution is 0.0695. The Morgan fingerprint density at radius 2 is 1.88 bits per heavy atom. The van der Waals surface area contributed by atoms with E-state index in [4.69, 9.17) is 5.11 Å². The first-order valence-corrected chi connectivity index (χ1v) is 8.18. The second-order valence-corrected chi connectivity index (χ2v) is 6.29. The molecule has 3 N–H and O–H groups in total. The van der Waals surface area contributed by atoms with Crippen LogP contribution in [0.1, 0.15) is 25.6 Å². The summed E-state index contributed by atoms with van der Waals surface area (Å²) < 4.78 is 0.758. The molecule has 6 heteroatoms. The first-order chi connectivity index (χ1) is 11.6. The number of fused-ring (bicyclic) bond motifs is 1. The van der Waals surface area contributed by atoms with Gasteiger partial charge in [-0.05, 0) is 30.2 Å². The minimum atomic E-state index is -1.12. The summed E-state index contributed by atoms with van der Waals surface area (Å²) in [6.07, 6.45) is 0.493. The molecule has 1 heterocycles. The Morgan fingerprint density at radius 1 is 1.08 bits per heavy atom. The highest BCUT2D eigenvalue weighted by molar-refractivity contribution is 7.21. The topological polar surface area (TPSA) is 86.6 Å². The molecule has 0 aliphatic heterocycles. The molecule has 3 rings (SSSR count). The van der Waals surface area contributed by atoms with Crippen molar-refractivity contribution in [3.63, 3.8) is 0 Å². The van der Waals surface area contributed by atoms with Gasteiger partial charge in [-0.2, -0.15) is 0 Å². The van der Waals surface area contributed by atoms with Crippen LogP contribution in [0.3, 0.4) is 0 Å². The normalized spacial score (nSPS) is 10.7. The number of aromatic carboxylic acids is 1. The minimum absolute atomic E-state index is 0.0247. The number of rotatable bonds is 5. The van der Waals surface area contributed by atoms with E-state index in [1.165, 1.54) is 0 Å². The third-order valence-corrected chi connectivity index (χ3v) is 4.77. The van der Waals surface area contributed by atoms with E-state index in [0.29, 0.717) is 17.5 Å². The zero-order chi connectivity index (χ0) is 17.1. The van der Waals surface area contributed by atoms with E-state index in [9.17, 15) is 14.7 Å². The fraction of sp³-hybridized carbons (Fsp3) is 0.111. The highest BCUT2D eigenvalue weighted by Crippen LogP contribution is 2.32. The van der Waals surface area contributed by atoms with Crippen molar-refractivity contribution in [1.29, 1.82) is 0 Å². The maximum Gasteiger partial charge on any atom is 0.338 e. The highest BCUT2D eigenvalue weighted by atomic mass is 32.1. The number of nitrogens with one attached hydrogen (secondary N) is 1. The third kappa shape index (κ3) is 3.15. The molecule has 1 aromatic heterocycles. The van der Waals surface area contributed by atoms with Crippen molar-refractivity contribution >= 4 is 39.0 Å². The van der Waals surface area contributed by atoms with Gasteiger partial charge in [-0.15, -0.1) is 11.3 Å². The number of amides is 1. The number of carboxylic acid groups (broad SMARTS) is 1. The number of aliphatic hydroxyl groups excluding tert-OH is 1. The standard InChI is InChI=1S/C18H15NO4S/c20-9-8-11-4-3-5-12(10-11)19-17(21)16-15(18(22)23)13-6-1-2-7-14(13)24-16/h1-7,10,20H,8-9H2,(H,19,21)(H,22,23). The predicted molar refractivity (Wildman–Crippen MR) is 94.0 cm³/mol. The molecule has 3 aromatic rings. The van der Waals surface area contributed by atoms with Crippen LogP contribution < -0.4 is 5.32 Å². The molecule has 1 amide bonds. The lowest BCUT2D eigenvalue weighted by atomic mass is 10.1. The number of aliphatic hydroxyl groups is 1. The minimum Gasteiger partial charge on any atom is -0.478 e. The van der Waals surface area contributed by atoms with Crippen molar-refractivity contribution in [2.45, 2.75) is 6.42 Å². The van der Waals surface area contributed by atoms with Gasteiger partial charge >= 0.3 is 5.97 Å². The molecule has 0 aliphatic carbocycles. The number of carbonyl (C=O) groups excluding carboxylic acids is 1. The Balaban J connectivity index is 1.95. The van der Waals surface area contributed by atoms with Gasteiger partial charge in [0.2, 0.25) is 0 Å². The second kappa shape index (κ2) is 6.82. The van der Waals surface area contributed by atoms with Crippen LogP contribution in [0.15, 0.2) is 48.5 Å². The van der Waals surface area contributed by atoms with Crippen molar-refractivity contribution in [2.24, 2.45) is 0 Å². The largest absolute Gasteiger partial charge is 0.478 e. The van der Waals surface area contributed by atoms with Crippen LogP contribution >= 0.6 is 11.3 Å². The Kier molecular flexibility index (Phi) is 4.59. The summed E-state index contributed by atoms with van der Waals surface area (Å²) in [6, 6.07) is 14.2. The van der Waals surface area contributed by atoms with Gasteiger partial charge in [-0.25, -0.2) is 4.79 Å². The highest BCUT2D eigenvalue weighted by Gasteiger charge is 2.23. The average molecular weight is 341 g/mol. The number of carboxylic acids is 1. The van der Waals surface area contributed by atoms with Gasteiger partial charge in [-0.1, -0.05) is 30.3 Å². The van der Waals surface area contributed by atoms with Crippen LogP contribution in [0, 0.1) is 0 Å². The van der Waals surface area contributed by atoms with Gasteiger partial charge < -0.3 is 15.5 Å². The summed E-state index contributed by atoms with van der Waals surface area (Å²) in [6.45, 7) is 0.0247. The van der Waals surface area contributed by atoms with Gasteiger partial charge in [0.1, 0.15) is 4.88 Å². The molecule has 2 aromatic carbocycles. The van der Waals surface area contributed by atoms with Crippen LogP contribution in [0.4, 0.5) is 5.69 Å². The molecular formula is C18H15NO4S. The fourth-order valence-electron chi connectivity index (χ4n) is 2.54. The van der Waals surface area contributed by atoms with Gasteiger partial charge in [0.05, 0.1) is 5.56 Å². The molecule has 24 heavy (non-hydrogen) atoms. The number of hydrogen-bond donors (Lipinski definition) is 3. The first kappa shape index (κ1) is 16.2. The van der Waals surface area contributed by atoms with Gasteiger partial charge in [0.25, 0.3) is 5.91 Å². The van der Waals surface area contributed by atoms with Crippen LogP contribution in [-0.4, -0.2) is 28.7 Å². The summed E-state index contributed by atoms with van der Waals surface area (Å²) in [7, 11) is 0. The van der Waals surface area contributed by atoms with Crippen LogP contribution in [0.2, 0.25) is 0 Å². The fourth-order valence-corrected chi connectivity index (χ4v) is 3.63. The van der Waals surface area contributed by atoms with Crippen molar-refractivity contribution in [2.75, 3.05) is 11.9 Å². The number of hydrogen-bond acceptors (Lipinski definition) is 4.